The second-order valence-corrected chi connectivity index (χ2v) is 8.50. The van der Waals surface area contributed by atoms with E-state index in [0.29, 0.717) is 25.7 Å². The first-order valence-corrected chi connectivity index (χ1v) is 9.33. The average molecular weight is 409 g/mol. The summed E-state index contributed by atoms with van der Waals surface area (Å²) in [6.45, 7) is 5.38. The quantitative estimate of drug-likeness (QED) is 0.584. The molecule has 1 heterocycles. The molecule has 0 bridgehead atoms. The van der Waals surface area contributed by atoms with Gasteiger partial charge >= 0.3 is 6.09 Å². The first-order chi connectivity index (χ1) is 11.9. The molecule has 26 heavy (non-hydrogen) atoms. The summed E-state index contributed by atoms with van der Waals surface area (Å²) in [6, 6.07) is 2.21. The highest BCUT2D eigenvalue weighted by atomic mass is 35.5. The molecule has 1 amide bonds. The maximum atomic E-state index is 14.9. The minimum atomic E-state index is -3.05. The lowest BCUT2D eigenvalue weighted by molar-refractivity contribution is -0.0839. The van der Waals surface area contributed by atoms with Gasteiger partial charge in [0, 0.05) is 24.6 Å². The Morgan fingerprint density at radius 2 is 1.65 bits per heavy atom. The number of nitrogens with zero attached hydrogens (tertiary/aromatic N) is 2. The van der Waals surface area contributed by atoms with Gasteiger partial charge in [0.15, 0.2) is 0 Å². The number of amides is 1. The fourth-order valence-corrected chi connectivity index (χ4v) is 3.66. The number of pyridine rings is 1. The molecule has 0 radical (unpaired) electrons. The first-order valence-electron chi connectivity index (χ1n) is 8.57. The van der Waals surface area contributed by atoms with Crippen LogP contribution in [-0.2, 0) is 10.7 Å². The van der Waals surface area contributed by atoms with Crippen LogP contribution in [0.25, 0.3) is 0 Å². The molecule has 1 aliphatic rings. The van der Waals surface area contributed by atoms with Crippen molar-refractivity contribution in [2.75, 3.05) is 7.05 Å². The average Bonchev–Trinajstić information content (AvgIpc) is 2.51. The van der Waals surface area contributed by atoms with Crippen LogP contribution in [0.2, 0.25) is 10.3 Å². The number of aromatic nitrogens is 1. The third kappa shape index (κ3) is 5.19. The molecule has 0 saturated heterocycles. The molecular formula is C18H24Cl2F2N2O2. The van der Waals surface area contributed by atoms with Gasteiger partial charge in [0.05, 0.1) is 0 Å². The van der Waals surface area contributed by atoms with Crippen LogP contribution in [-0.4, -0.2) is 34.7 Å². The number of halogens is 4. The minimum absolute atomic E-state index is 0.0504. The van der Waals surface area contributed by atoms with Gasteiger partial charge in [-0.25, -0.2) is 18.6 Å². The van der Waals surface area contributed by atoms with E-state index in [-0.39, 0.29) is 21.9 Å². The predicted molar refractivity (Wildman–Crippen MR) is 97.9 cm³/mol. The minimum Gasteiger partial charge on any atom is -0.444 e. The van der Waals surface area contributed by atoms with E-state index in [4.69, 9.17) is 27.9 Å². The Balaban J connectivity index is 2.02. The van der Waals surface area contributed by atoms with Crippen molar-refractivity contribution in [2.45, 2.75) is 64.0 Å². The summed E-state index contributed by atoms with van der Waals surface area (Å²) in [4.78, 5) is 17.4. The van der Waals surface area contributed by atoms with Gasteiger partial charge in [-0.3, -0.25) is 0 Å². The SMILES string of the molecule is CN(C(=O)OC(C)(C)C)C1CCC(C(F)(F)c2cc(Cl)nc(Cl)c2)CC1. The molecule has 8 heteroatoms. The smallest absolute Gasteiger partial charge is 0.410 e. The lowest BCUT2D eigenvalue weighted by atomic mass is 9.79. The van der Waals surface area contributed by atoms with E-state index >= 15 is 0 Å². The summed E-state index contributed by atoms with van der Waals surface area (Å²) in [7, 11) is 1.65. The van der Waals surface area contributed by atoms with Gasteiger partial charge in [-0.15, -0.1) is 0 Å². The number of hydrogen-bond acceptors (Lipinski definition) is 3. The van der Waals surface area contributed by atoms with Gasteiger partial charge in [0.2, 0.25) is 0 Å². The summed E-state index contributed by atoms with van der Waals surface area (Å²) in [5, 5.41) is -0.101. The fraction of sp³-hybridized carbons (Fsp3) is 0.667. The molecule has 0 unspecified atom stereocenters. The second kappa shape index (κ2) is 7.85. The van der Waals surface area contributed by atoms with Crippen molar-refractivity contribution in [1.82, 2.24) is 9.88 Å². The molecule has 1 aromatic heterocycles. The largest absolute Gasteiger partial charge is 0.444 e. The molecule has 0 atom stereocenters. The van der Waals surface area contributed by atoms with Crippen molar-refractivity contribution in [3.8, 4) is 0 Å². The van der Waals surface area contributed by atoms with Gasteiger partial charge < -0.3 is 9.64 Å². The Kier molecular flexibility index (Phi) is 6.39. The molecule has 4 nitrogen and oxygen atoms in total. The van der Waals surface area contributed by atoms with E-state index < -0.39 is 23.5 Å². The maximum absolute atomic E-state index is 14.9. The molecule has 1 fully saturated rings. The molecule has 0 N–H and O–H groups in total. The van der Waals surface area contributed by atoms with Gasteiger partial charge in [0.25, 0.3) is 5.92 Å². The van der Waals surface area contributed by atoms with Gasteiger partial charge in [0.1, 0.15) is 15.9 Å². The standard InChI is InChI=1S/C18H24Cl2F2N2O2/c1-17(2,3)26-16(25)24(4)13-7-5-11(6-8-13)18(21,22)12-9-14(19)23-15(20)10-12/h9-11,13H,5-8H2,1-4H3. The van der Waals surface area contributed by atoms with Crippen molar-refractivity contribution in [3.63, 3.8) is 0 Å². The van der Waals surface area contributed by atoms with E-state index in [9.17, 15) is 13.6 Å². The van der Waals surface area contributed by atoms with Crippen molar-refractivity contribution in [1.29, 1.82) is 0 Å². The highest BCUT2D eigenvalue weighted by molar-refractivity contribution is 6.32. The van der Waals surface area contributed by atoms with Crippen LogP contribution in [0.5, 0.6) is 0 Å². The Bertz CT molecular complexity index is 637. The number of rotatable bonds is 3. The number of carbonyl (C=O) groups excluding carboxylic acids is 1. The Morgan fingerprint density at radius 1 is 1.15 bits per heavy atom. The maximum Gasteiger partial charge on any atom is 0.410 e. The van der Waals surface area contributed by atoms with E-state index in [1.54, 1.807) is 27.8 Å². The Morgan fingerprint density at radius 3 is 2.12 bits per heavy atom. The van der Waals surface area contributed by atoms with Crippen molar-refractivity contribution >= 4 is 29.3 Å². The molecule has 0 aliphatic heterocycles. The van der Waals surface area contributed by atoms with Crippen LogP contribution < -0.4 is 0 Å². The fourth-order valence-electron chi connectivity index (χ4n) is 3.20. The molecule has 1 aromatic rings. The van der Waals surface area contributed by atoms with Crippen LogP contribution in [0.4, 0.5) is 13.6 Å². The molecule has 1 aliphatic carbocycles. The van der Waals surface area contributed by atoms with Crippen molar-refractivity contribution in [2.24, 2.45) is 5.92 Å². The summed E-state index contributed by atoms with van der Waals surface area (Å²) in [5.41, 5.74) is -0.804. The number of ether oxygens (including phenoxy) is 1. The van der Waals surface area contributed by atoms with Crippen LogP contribution in [0, 0.1) is 5.92 Å². The van der Waals surface area contributed by atoms with E-state index in [1.165, 1.54) is 4.90 Å². The highest BCUT2D eigenvalue weighted by Crippen LogP contribution is 2.45. The van der Waals surface area contributed by atoms with Gasteiger partial charge in [-0.1, -0.05) is 23.2 Å². The van der Waals surface area contributed by atoms with Crippen molar-refractivity contribution in [3.05, 3.63) is 28.0 Å². The van der Waals surface area contributed by atoms with Crippen LogP contribution in [0.1, 0.15) is 52.0 Å². The molecule has 0 aromatic carbocycles. The Labute approximate surface area is 162 Å². The molecule has 0 spiro atoms. The van der Waals surface area contributed by atoms with Crippen LogP contribution >= 0.6 is 23.2 Å². The lowest BCUT2D eigenvalue weighted by Gasteiger charge is -2.38. The zero-order chi connectivity index (χ0) is 19.7. The van der Waals surface area contributed by atoms with Gasteiger partial charge in [-0.2, -0.15) is 0 Å². The van der Waals surface area contributed by atoms with Crippen LogP contribution in [0.15, 0.2) is 12.1 Å². The van der Waals surface area contributed by atoms with Gasteiger partial charge in [-0.05, 0) is 58.6 Å². The first kappa shape index (κ1) is 21.2. The monoisotopic (exact) mass is 408 g/mol. The Hall–Kier alpha value is -1.14. The third-order valence-corrected chi connectivity index (χ3v) is 4.97. The number of hydrogen-bond donors (Lipinski definition) is 0. The number of carbonyl (C=O) groups is 1. The topological polar surface area (TPSA) is 42.4 Å². The molecular weight excluding hydrogens is 385 g/mol. The normalized spacial score (nSPS) is 21.4. The lowest BCUT2D eigenvalue weighted by Crippen LogP contribution is -2.43. The molecule has 2 rings (SSSR count). The molecule has 146 valence electrons. The van der Waals surface area contributed by atoms with Crippen molar-refractivity contribution < 1.29 is 18.3 Å². The number of alkyl halides is 2. The predicted octanol–water partition coefficient (Wildman–Crippen LogP) is 5.91. The summed E-state index contributed by atoms with van der Waals surface area (Å²) >= 11 is 11.5. The zero-order valence-corrected chi connectivity index (χ0v) is 16.9. The molecule has 1 saturated carbocycles. The summed E-state index contributed by atoms with van der Waals surface area (Å²) in [6.07, 6.45) is 1.14. The highest BCUT2D eigenvalue weighted by Gasteiger charge is 2.44. The van der Waals surface area contributed by atoms with E-state index in [1.807, 2.05) is 0 Å². The van der Waals surface area contributed by atoms with E-state index in [0.717, 1.165) is 12.1 Å². The van der Waals surface area contributed by atoms with E-state index in [2.05, 4.69) is 4.98 Å². The zero-order valence-electron chi connectivity index (χ0n) is 15.4. The van der Waals surface area contributed by atoms with Crippen LogP contribution in [0.3, 0.4) is 0 Å². The summed E-state index contributed by atoms with van der Waals surface area (Å²) < 4.78 is 35.1. The second-order valence-electron chi connectivity index (χ2n) is 7.72. The third-order valence-electron chi connectivity index (χ3n) is 4.59. The summed E-state index contributed by atoms with van der Waals surface area (Å²) in [5.74, 6) is -3.88.